The molecule has 1 aromatic rings. The Balaban J connectivity index is 3.04. The number of esters is 1. The van der Waals surface area contributed by atoms with Gasteiger partial charge in [0.15, 0.2) is 0 Å². The topological polar surface area (TPSA) is 55.7 Å². The van der Waals surface area contributed by atoms with Crippen LogP contribution in [-0.4, -0.2) is 18.7 Å². The van der Waals surface area contributed by atoms with Crippen LogP contribution in [0.1, 0.15) is 36.0 Å². The summed E-state index contributed by atoms with van der Waals surface area (Å²) < 4.78 is 4.91. The Kier molecular flexibility index (Phi) is 5.07. The largest absolute Gasteiger partial charge is 0.462 e. The van der Waals surface area contributed by atoms with Crippen LogP contribution in [0.2, 0.25) is 0 Å². The molecule has 0 atom stereocenters. The second-order valence-corrected chi connectivity index (χ2v) is 5.07. The zero-order valence-corrected chi connectivity index (χ0v) is 11.0. The lowest BCUT2D eigenvalue weighted by atomic mass is 10.1. The summed E-state index contributed by atoms with van der Waals surface area (Å²) in [4.78, 5) is 26.5. The number of carbonyl (C=O) groups is 1. The molecular formula is C12H15NO3S. The normalized spacial score (nSPS) is 10.1. The van der Waals surface area contributed by atoms with Crippen LogP contribution in [0.3, 0.4) is 0 Å². The summed E-state index contributed by atoms with van der Waals surface area (Å²) in [5.41, 5.74) is 0.357. The molecule has 1 heterocycles. The van der Waals surface area contributed by atoms with E-state index >= 15 is 0 Å². The summed E-state index contributed by atoms with van der Waals surface area (Å²) in [6, 6.07) is 1.75. The maximum absolute atomic E-state index is 11.6. The van der Waals surface area contributed by atoms with Gasteiger partial charge in [-0.1, -0.05) is 13.8 Å². The van der Waals surface area contributed by atoms with E-state index < -0.39 is 5.97 Å². The standard InChI is InChI=1S/C12H15NO3S/c1-4-16-12(15)10-6-9(5-8(2)3)17-11(10)13-7-14/h6,8H,4-5H2,1-3H3. The molecule has 0 saturated heterocycles. The maximum atomic E-state index is 11.6. The van der Waals surface area contributed by atoms with Crippen LogP contribution < -0.4 is 0 Å². The zero-order valence-electron chi connectivity index (χ0n) is 10.1. The Morgan fingerprint density at radius 3 is 2.82 bits per heavy atom. The fraction of sp³-hybridized carbons (Fsp3) is 0.500. The Morgan fingerprint density at radius 2 is 2.29 bits per heavy atom. The summed E-state index contributed by atoms with van der Waals surface area (Å²) in [5, 5.41) is 0.383. The van der Waals surface area contributed by atoms with Crippen molar-refractivity contribution in [1.82, 2.24) is 0 Å². The lowest BCUT2D eigenvalue weighted by Crippen LogP contribution is -2.03. The van der Waals surface area contributed by atoms with Gasteiger partial charge in [-0.2, -0.15) is 4.99 Å². The van der Waals surface area contributed by atoms with Crippen LogP contribution in [0.4, 0.5) is 5.00 Å². The average molecular weight is 253 g/mol. The fourth-order valence-corrected chi connectivity index (χ4v) is 2.59. The molecule has 0 N–H and O–H groups in total. The first-order chi connectivity index (χ1) is 8.08. The van der Waals surface area contributed by atoms with Crippen molar-refractivity contribution in [3.63, 3.8) is 0 Å². The molecule has 17 heavy (non-hydrogen) atoms. The Hall–Kier alpha value is -1.45. The van der Waals surface area contributed by atoms with E-state index in [0.717, 1.165) is 11.3 Å². The molecule has 5 heteroatoms. The number of ether oxygens (including phenoxy) is 1. The van der Waals surface area contributed by atoms with Crippen molar-refractivity contribution < 1.29 is 14.3 Å². The van der Waals surface area contributed by atoms with Crippen LogP contribution >= 0.6 is 11.3 Å². The third-order valence-corrected chi connectivity index (χ3v) is 3.07. The summed E-state index contributed by atoms with van der Waals surface area (Å²) in [6.07, 6.45) is 2.32. The molecule has 1 rings (SSSR count). The van der Waals surface area contributed by atoms with E-state index in [4.69, 9.17) is 4.74 Å². The summed E-state index contributed by atoms with van der Waals surface area (Å²) >= 11 is 1.34. The SMILES string of the molecule is CCOC(=O)c1cc(CC(C)C)sc1N=C=O. The Morgan fingerprint density at radius 1 is 1.59 bits per heavy atom. The summed E-state index contributed by atoms with van der Waals surface area (Å²) in [6.45, 7) is 6.22. The number of nitrogens with zero attached hydrogens (tertiary/aromatic N) is 1. The van der Waals surface area contributed by atoms with Gasteiger partial charge < -0.3 is 4.74 Å². The van der Waals surface area contributed by atoms with E-state index in [-0.39, 0.29) is 0 Å². The summed E-state index contributed by atoms with van der Waals surface area (Å²) in [7, 11) is 0. The van der Waals surface area contributed by atoms with E-state index in [1.165, 1.54) is 17.4 Å². The molecule has 92 valence electrons. The van der Waals surface area contributed by atoms with Crippen molar-refractivity contribution >= 4 is 28.4 Å². The first-order valence-corrected chi connectivity index (χ1v) is 6.27. The van der Waals surface area contributed by atoms with Crippen molar-refractivity contribution in [3.05, 3.63) is 16.5 Å². The smallest absolute Gasteiger partial charge is 0.341 e. The first-order valence-electron chi connectivity index (χ1n) is 5.46. The van der Waals surface area contributed by atoms with Gasteiger partial charge in [0.25, 0.3) is 0 Å². The minimum Gasteiger partial charge on any atom is -0.462 e. The molecule has 0 fully saturated rings. The third-order valence-electron chi connectivity index (χ3n) is 2.02. The molecule has 0 saturated carbocycles. The van der Waals surface area contributed by atoms with Gasteiger partial charge in [-0.15, -0.1) is 11.3 Å². The molecule has 0 aliphatic carbocycles. The first kappa shape index (κ1) is 13.6. The quantitative estimate of drug-likeness (QED) is 0.460. The van der Waals surface area contributed by atoms with Crippen molar-refractivity contribution in [2.45, 2.75) is 27.2 Å². The molecule has 0 bridgehead atoms. The van der Waals surface area contributed by atoms with Crippen LogP contribution in [0, 0.1) is 5.92 Å². The van der Waals surface area contributed by atoms with Crippen molar-refractivity contribution in [2.24, 2.45) is 10.9 Å². The predicted octanol–water partition coefficient (Wildman–Crippen LogP) is 3.09. The molecule has 0 unspecified atom stereocenters. The number of carbonyl (C=O) groups excluding carboxylic acids is 2. The molecule has 4 nitrogen and oxygen atoms in total. The van der Waals surface area contributed by atoms with Gasteiger partial charge in [0.2, 0.25) is 6.08 Å². The van der Waals surface area contributed by atoms with Crippen molar-refractivity contribution in [1.29, 1.82) is 0 Å². The van der Waals surface area contributed by atoms with Crippen LogP contribution in [0.5, 0.6) is 0 Å². The highest BCUT2D eigenvalue weighted by molar-refractivity contribution is 7.16. The van der Waals surface area contributed by atoms with Crippen LogP contribution in [-0.2, 0) is 16.0 Å². The molecule has 0 aliphatic heterocycles. The highest BCUT2D eigenvalue weighted by Gasteiger charge is 2.17. The van der Waals surface area contributed by atoms with Crippen LogP contribution in [0.25, 0.3) is 0 Å². The Bertz CT molecular complexity index is 445. The predicted molar refractivity (Wildman–Crippen MR) is 66.6 cm³/mol. The highest BCUT2D eigenvalue weighted by Crippen LogP contribution is 2.32. The lowest BCUT2D eigenvalue weighted by Gasteiger charge is -1.99. The third kappa shape index (κ3) is 3.80. The summed E-state index contributed by atoms with van der Waals surface area (Å²) in [5.74, 6) is 0.0458. The fourth-order valence-electron chi connectivity index (χ4n) is 1.41. The molecule has 0 spiro atoms. The number of hydrogen-bond acceptors (Lipinski definition) is 5. The number of hydrogen-bond donors (Lipinski definition) is 0. The average Bonchev–Trinajstić information content (AvgIpc) is 2.61. The van der Waals surface area contributed by atoms with E-state index in [1.54, 1.807) is 13.0 Å². The van der Waals surface area contributed by atoms with Crippen molar-refractivity contribution in [3.8, 4) is 0 Å². The zero-order chi connectivity index (χ0) is 12.8. The lowest BCUT2D eigenvalue weighted by molar-refractivity contribution is 0.0528. The molecular weight excluding hydrogens is 238 g/mol. The van der Waals surface area contributed by atoms with E-state index in [2.05, 4.69) is 18.8 Å². The maximum Gasteiger partial charge on any atom is 0.341 e. The minimum absolute atomic E-state index is 0.304. The minimum atomic E-state index is -0.437. The highest BCUT2D eigenvalue weighted by atomic mass is 32.1. The molecule has 0 aliphatic rings. The number of aliphatic imine (C=N–C) groups is 1. The van der Waals surface area contributed by atoms with Gasteiger partial charge in [-0.05, 0) is 25.3 Å². The van der Waals surface area contributed by atoms with Gasteiger partial charge in [0.1, 0.15) is 5.00 Å². The van der Waals surface area contributed by atoms with Gasteiger partial charge in [0, 0.05) is 4.88 Å². The number of rotatable bonds is 5. The van der Waals surface area contributed by atoms with Gasteiger partial charge in [0.05, 0.1) is 12.2 Å². The monoisotopic (exact) mass is 253 g/mol. The van der Waals surface area contributed by atoms with Gasteiger partial charge in [-0.3, -0.25) is 0 Å². The van der Waals surface area contributed by atoms with Gasteiger partial charge in [-0.25, -0.2) is 9.59 Å². The second-order valence-electron chi connectivity index (χ2n) is 3.95. The van der Waals surface area contributed by atoms with Crippen LogP contribution in [0.15, 0.2) is 11.1 Å². The van der Waals surface area contributed by atoms with E-state index in [9.17, 15) is 9.59 Å². The molecule has 0 radical (unpaired) electrons. The number of thiophene rings is 1. The van der Waals surface area contributed by atoms with Gasteiger partial charge >= 0.3 is 5.97 Å². The Labute approximate surface area is 104 Å². The molecule has 0 amide bonds. The van der Waals surface area contributed by atoms with Crippen molar-refractivity contribution in [2.75, 3.05) is 6.61 Å². The van der Waals surface area contributed by atoms with E-state index in [0.29, 0.717) is 23.1 Å². The second kappa shape index (κ2) is 6.33. The molecule has 1 aromatic heterocycles. The molecule has 0 aromatic carbocycles. The number of isocyanates is 1. The van der Waals surface area contributed by atoms with E-state index in [1.807, 2.05) is 0 Å².